The van der Waals surface area contributed by atoms with Gasteiger partial charge in [0.2, 0.25) is 0 Å². The largest absolute Gasteiger partial charge is 0.497 e. The minimum absolute atomic E-state index is 0.0974. The minimum atomic E-state index is -1.04. The lowest BCUT2D eigenvalue weighted by atomic mass is 10.5. The van der Waals surface area contributed by atoms with Crippen molar-refractivity contribution in [2.24, 2.45) is 0 Å². The molecule has 0 aromatic carbocycles. The molecule has 3 nitrogen and oxygen atoms in total. The summed E-state index contributed by atoms with van der Waals surface area (Å²) < 4.78 is 4.85. The van der Waals surface area contributed by atoms with Crippen molar-refractivity contribution < 1.29 is 14.6 Å². The third-order valence-corrected chi connectivity index (χ3v) is 1.01. The predicted molar refractivity (Wildman–Crippen MR) is 38.1 cm³/mol. The van der Waals surface area contributed by atoms with Gasteiger partial charge in [0.15, 0.2) is 0 Å². The quantitative estimate of drug-likeness (QED) is 0.386. The molecule has 10 heavy (non-hydrogen) atoms. The Balaban J connectivity index is 3.91. The highest BCUT2D eigenvalue weighted by atomic mass is 35.5. The van der Waals surface area contributed by atoms with E-state index < -0.39 is 5.97 Å². The van der Waals surface area contributed by atoms with Gasteiger partial charge in [-0.1, -0.05) is 0 Å². The molecule has 0 amide bonds. The molecule has 0 saturated heterocycles. The highest BCUT2D eigenvalue weighted by Gasteiger charge is 1.97. The van der Waals surface area contributed by atoms with Crippen molar-refractivity contribution in [3.63, 3.8) is 0 Å². The molecule has 0 aliphatic rings. The van der Waals surface area contributed by atoms with Gasteiger partial charge in [0, 0.05) is 0 Å². The molecular formula is C6H9ClO3. The van der Waals surface area contributed by atoms with E-state index in [1.807, 2.05) is 0 Å². The predicted octanol–water partition coefficient (Wildman–Crippen LogP) is 1.23. The second-order valence-electron chi connectivity index (χ2n) is 1.52. The molecule has 0 aliphatic heterocycles. The molecule has 0 aromatic heterocycles. The van der Waals surface area contributed by atoms with Gasteiger partial charge in [0.1, 0.15) is 5.76 Å². The lowest BCUT2D eigenvalue weighted by molar-refractivity contribution is -0.131. The average Bonchev–Trinajstić information content (AvgIpc) is 1.86. The van der Waals surface area contributed by atoms with Crippen LogP contribution in [-0.2, 0) is 9.53 Å². The number of hydrogen-bond acceptors (Lipinski definition) is 2. The van der Waals surface area contributed by atoms with E-state index in [9.17, 15) is 4.79 Å². The van der Waals surface area contributed by atoms with Crippen LogP contribution in [0.2, 0.25) is 0 Å². The van der Waals surface area contributed by atoms with Crippen LogP contribution in [0.15, 0.2) is 11.8 Å². The molecule has 0 radical (unpaired) electrons. The molecule has 1 N–H and O–H groups in total. The van der Waals surface area contributed by atoms with Crippen molar-refractivity contribution in [2.75, 3.05) is 12.5 Å². The summed E-state index contributed by atoms with van der Waals surface area (Å²) in [5, 5.41) is 8.23. The Morgan fingerprint density at radius 3 is 2.70 bits per heavy atom. The van der Waals surface area contributed by atoms with E-state index >= 15 is 0 Å². The van der Waals surface area contributed by atoms with E-state index in [2.05, 4.69) is 0 Å². The number of ether oxygens (including phenoxy) is 1. The first-order valence-corrected chi connectivity index (χ1v) is 3.36. The first-order chi connectivity index (χ1) is 4.70. The van der Waals surface area contributed by atoms with Crippen LogP contribution >= 0.6 is 11.6 Å². The standard InChI is InChI=1S/C6H9ClO3/c1-2-10-5(4-7)3-6(8)9/h3H,2,4H2,1H3,(H,8,9)/b5-3+. The zero-order valence-electron chi connectivity index (χ0n) is 5.63. The van der Waals surface area contributed by atoms with Crippen LogP contribution in [0, 0.1) is 0 Å². The third kappa shape index (κ3) is 4.21. The fourth-order valence-corrected chi connectivity index (χ4v) is 0.596. The van der Waals surface area contributed by atoms with E-state index in [1.165, 1.54) is 0 Å². The molecule has 58 valence electrons. The Hall–Kier alpha value is -0.700. The van der Waals surface area contributed by atoms with Crippen molar-refractivity contribution in [1.82, 2.24) is 0 Å². The Morgan fingerprint density at radius 2 is 2.40 bits per heavy atom. The molecule has 4 heteroatoms. The summed E-state index contributed by atoms with van der Waals surface area (Å²) in [7, 11) is 0. The maximum absolute atomic E-state index is 10.0. The lowest BCUT2D eigenvalue weighted by Crippen LogP contribution is -1.98. The fourth-order valence-electron chi connectivity index (χ4n) is 0.442. The number of rotatable bonds is 4. The van der Waals surface area contributed by atoms with Gasteiger partial charge in [-0.25, -0.2) is 4.79 Å². The lowest BCUT2D eigenvalue weighted by Gasteiger charge is -2.01. The molecule has 0 atom stereocenters. The smallest absolute Gasteiger partial charge is 0.331 e. The Bertz CT molecular complexity index is 142. The van der Waals surface area contributed by atoms with E-state index in [0.717, 1.165) is 6.08 Å². The van der Waals surface area contributed by atoms with E-state index in [0.29, 0.717) is 6.61 Å². The number of carboxylic acids is 1. The van der Waals surface area contributed by atoms with E-state index in [-0.39, 0.29) is 11.6 Å². The van der Waals surface area contributed by atoms with Gasteiger partial charge >= 0.3 is 5.97 Å². The van der Waals surface area contributed by atoms with Gasteiger partial charge in [-0.3, -0.25) is 0 Å². The highest BCUT2D eigenvalue weighted by molar-refractivity contribution is 6.19. The zero-order chi connectivity index (χ0) is 7.98. The van der Waals surface area contributed by atoms with E-state index in [4.69, 9.17) is 21.4 Å². The van der Waals surface area contributed by atoms with Gasteiger partial charge in [-0.15, -0.1) is 11.6 Å². The first kappa shape index (κ1) is 9.30. The molecule has 0 aromatic rings. The summed E-state index contributed by atoms with van der Waals surface area (Å²) in [5.74, 6) is -0.652. The number of alkyl halides is 1. The number of allylic oxidation sites excluding steroid dienone is 1. The Morgan fingerprint density at radius 1 is 1.80 bits per heavy atom. The Kier molecular flexibility index (Phi) is 4.76. The van der Waals surface area contributed by atoms with Crippen LogP contribution in [0.3, 0.4) is 0 Å². The molecule has 0 aliphatic carbocycles. The number of carbonyl (C=O) groups is 1. The Labute approximate surface area is 64.2 Å². The summed E-state index contributed by atoms with van der Waals surface area (Å²) in [5.41, 5.74) is 0. The number of hydrogen-bond donors (Lipinski definition) is 1. The molecule has 0 rings (SSSR count). The summed E-state index contributed by atoms with van der Waals surface area (Å²) >= 11 is 5.33. The van der Waals surface area contributed by atoms with Crippen LogP contribution < -0.4 is 0 Å². The van der Waals surface area contributed by atoms with Crippen molar-refractivity contribution in [3.8, 4) is 0 Å². The van der Waals surface area contributed by atoms with Gasteiger partial charge in [0.05, 0.1) is 18.6 Å². The first-order valence-electron chi connectivity index (χ1n) is 2.83. The fraction of sp³-hybridized carbons (Fsp3) is 0.500. The normalized spacial score (nSPS) is 11.2. The van der Waals surface area contributed by atoms with Crippen LogP contribution in [0.4, 0.5) is 0 Å². The van der Waals surface area contributed by atoms with Crippen molar-refractivity contribution in [2.45, 2.75) is 6.92 Å². The molecule has 0 fully saturated rings. The van der Waals surface area contributed by atoms with Gasteiger partial charge < -0.3 is 9.84 Å². The molecule has 0 saturated carbocycles. The maximum atomic E-state index is 10.0. The van der Waals surface area contributed by atoms with Crippen LogP contribution in [0.1, 0.15) is 6.92 Å². The number of halogens is 1. The van der Waals surface area contributed by atoms with Gasteiger partial charge in [-0.05, 0) is 6.92 Å². The molecule has 0 spiro atoms. The topological polar surface area (TPSA) is 46.5 Å². The summed E-state index contributed by atoms with van der Waals surface area (Å²) in [6, 6.07) is 0. The second-order valence-corrected chi connectivity index (χ2v) is 1.78. The monoisotopic (exact) mass is 164 g/mol. The van der Waals surface area contributed by atoms with Gasteiger partial charge in [0.25, 0.3) is 0 Å². The number of carboxylic acid groups (broad SMARTS) is 1. The molecule has 0 heterocycles. The molecule has 0 unspecified atom stereocenters. The molecule has 0 bridgehead atoms. The zero-order valence-corrected chi connectivity index (χ0v) is 6.39. The maximum Gasteiger partial charge on any atom is 0.331 e. The average molecular weight is 165 g/mol. The van der Waals surface area contributed by atoms with Crippen LogP contribution in [0.5, 0.6) is 0 Å². The van der Waals surface area contributed by atoms with Crippen LogP contribution in [-0.4, -0.2) is 23.6 Å². The van der Waals surface area contributed by atoms with Crippen molar-refractivity contribution >= 4 is 17.6 Å². The SMILES string of the molecule is CCO/C(=C/C(=O)O)CCl. The van der Waals surface area contributed by atoms with Gasteiger partial charge in [-0.2, -0.15) is 0 Å². The molecular weight excluding hydrogens is 156 g/mol. The number of aliphatic carboxylic acids is 1. The summed E-state index contributed by atoms with van der Waals surface area (Å²) in [6.45, 7) is 2.20. The third-order valence-electron chi connectivity index (χ3n) is 0.746. The highest BCUT2D eigenvalue weighted by Crippen LogP contribution is 1.98. The summed E-state index contributed by atoms with van der Waals surface area (Å²) in [6.07, 6.45) is 0.955. The minimum Gasteiger partial charge on any atom is -0.497 e. The van der Waals surface area contributed by atoms with Crippen molar-refractivity contribution in [1.29, 1.82) is 0 Å². The van der Waals surface area contributed by atoms with E-state index in [1.54, 1.807) is 6.92 Å². The summed E-state index contributed by atoms with van der Waals surface area (Å²) in [4.78, 5) is 10.0. The second kappa shape index (κ2) is 5.11. The van der Waals surface area contributed by atoms with Crippen LogP contribution in [0.25, 0.3) is 0 Å². The van der Waals surface area contributed by atoms with Crippen molar-refractivity contribution in [3.05, 3.63) is 11.8 Å².